The lowest BCUT2D eigenvalue weighted by atomic mass is 10.2. The molecular formula is C31H30O4. The molecular weight excluding hydrogens is 436 g/mol. The molecule has 178 valence electrons. The van der Waals surface area contributed by atoms with Crippen LogP contribution in [0.2, 0.25) is 0 Å². The minimum Gasteiger partial charge on any atom is -0.493 e. The van der Waals surface area contributed by atoms with Gasteiger partial charge >= 0.3 is 0 Å². The van der Waals surface area contributed by atoms with Crippen LogP contribution in [0, 0.1) is 0 Å². The predicted octanol–water partition coefficient (Wildman–Crippen LogP) is 7.02. The average molecular weight is 467 g/mol. The van der Waals surface area contributed by atoms with E-state index in [9.17, 15) is 0 Å². The standard InChI is InChI=1S/C31H30O4/c1-5-13-26(14-6-1)21-32-25-30(33-22-27-15-7-2-8-16-27)31(34-23-28-17-9-3-10-18-28)35-24-29-19-11-4-12-20-29/h1-20,25,31H,21-24H2. The lowest BCUT2D eigenvalue weighted by Gasteiger charge is -2.22. The maximum atomic E-state index is 6.21. The van der Waals surface area contributed by atoms with Gasteiger partial charge in [-0.05, 0) is 22.3 Å². The summed E-state index contributed by atoms with van der Waals surface area (Å²) in [5, 5.41) is 0. The van der Waals surface area contributed by atoms with Crippen LogP contribution in [0.1, 0.15) is 22.3 Å². The number of hydrogen-bond donors (Lipinski definition) is 0. The van der Waals surface area contributed by atoms with Crippen molar-refractivity contribution in [1.82, 2.24) is 0 Å². The number of hydrogen-bond acceptors (Lipinski definition) is 4. The van der Waals surface area contributed by atoms with Gasteiger partial charge in [-0.3, -0.25) is 0 Å². The van der Waals surface area contributed by atoms with E-state index in [1.807, 2.05) is 121 Å². The zero-order chi connectivity index (χ0) is 24.0. The quantitative estimate of drug-likeness (QED) is 0.157. The van der Waals surface area contributed by atoms with Crippen LogP contribution in [0.3, 0.4) is 0 Å². The Morgan fingerprint density at radius 1 is 0.486 bits per heavy atom. The molecule has 0 aliphatic rings. The van der Waals surface area contributed by atoms with Gasteiger partial charge in [-0.1, -0.05) is 121 Å². The van der Waals surface area contributed by atoms with Crippen molar-refractivity contribution in [3.63, 3.8) is 0 Å². The molecule has 0 aliphatic carbocycles. The van der Waals surface area contributed by atoms with E-state index in [-0.39, 0.29) is 0 Å². The third-order valence-corrected chi connectivity index (χ3v) is 5.26. The van der Waals surface area contributed by atoms with E-state index in [1.54, 1.807) is 6.26 Å². The SMILES string of the molecule is C(OCc1ccccc1)=C(OCc1ccccc1)C(OCc1ccccc1)OCc1ccccc1. The van der Waals surface area contributed by atoms with E-state index in [0.717, 1.165) is 22.3 Å². The Bertz CT molecular complexity index is 1090. The highest BCUT2D eigenvalue weighted by Crippen LogP contribution is 2.19. The van der Waals surface area contributed by atoms with Crippen LogP contribution in [-0.2, 0) is 45.4 Å². The van der Waals surface area contributed by atoms with Crippen molar-refractivity contribution < 1.29 is 18.9 Å². The molecule has 0 unspecified atom stereocenters. The molecule has 0 N–H and O–H groups in total. The van der Waals surface area contributed by atoms with E-state index in [1.165, 1.54) is 0 Å². The molecule has 0 aliphatic heterocycles. The van der Waals surface area contributed by atoms with Crippen molar-refractivity contribution in [3.8, 4) is 0 Å². The van der Waals surface area contributed by atoms with Crippen LogP contribution in [0.25, 0.3) is 0 Å². The number of benzene rings is 4. The summed E-state index contributed by atoms with van der Waals surface area (Å²) in [4.78, 5) is 0. The van der Waals surface area contributed by atoms with E-state index < -0.39 is 6.29 Å². The third-order valence-electron chi connectivity index (χ3n) is 5.26. The summed E-state index contributed by atoms with van der Waals surface area (Å²) in [5.41, 5.74) is 4.21. The Kier molecular flexibility index (Phi) is 9.54. The monoisotopic (exact) mass is 466 g/mol. The van der Waals surface area contributed by atoms with Crippen molar-refractivity contribution in [1.29, 1.82) is 0 Å². The topological polar surface area (TPSA) is 36.9 Å². The van der Waals surface area contributed by atoms with Gasteiger partial charge in [0, 0.05) is 0 Å². The minimum absolute atomic E-state index is 0.376. The first-order valence-corrected chi connectivity index (χ1v) is 11.7. The first-order chi connectivity index (χ1) is 17.4. The fourth-order valence-corrected chi connectivity index (χ4v) is 3.40. The van der Waals surface area contributed by atoms with E-state index >= 15 is 0 Å². The molecule has 4 aromatic carbocycles. The summed E-state index contributed by atoms with van der Waals surface area (Å²) < 4.78 is 24.5. The normalized spacial score (nSPS) is 11.4. The highest BCUT2D eigenvalue weighted by Gasteiger charge is 2.19. The molecule has 4 heteroatoms. The Morgan fingerprint density at radius 3 is 1.29 bits per heavy atom. The van der Waals surface area contributed by atoms with Gasteiger partial charge in [0.25, 0.3) is 0 Å². The van der Waals surface area contributed by atoms with E-state index in [2.05, 4.69) is 0 Å². The van der Waals surface area contributed by atoms with Crippen molar-refractivity contribution in [2.75, 3.05) is 0 Å². The molecule has 4 rings (SSSR count). The number of ether oxygens (including phenoxy) is 4. The third kappa shape index (κ3) is 8.45. The van der Waals surface area contributed by atoms with Gasteiger partial charge in [-0.15, -0.1) is 0 Å². The van der Waals surface area contributed by atoms with Crippen molar-refractivity contribution >= 4 is 0 Å². The molecule has 4 nitrogen and oxygen atoms in total. The maximum Gasteiger partial charge on any atom is 0.220 e. The number of rotatable bonds is 13. The molecule has 0 spiro atoms. The lowest BCUT2D eigenvalue weighted by Crippen LogP contribution is -2.22. The van der Waals surface area contributed by atoms with Crippen molar-refractivity contribution in [3.05, 3.63) is 156 Å². The molecule has 0 aromatic heterocycles. The van der Waals surface area contributed by atoms with Crippen LogP contribution < -0.4 is 0 Å². The Labute approximate surface area is 207 Å². The van der Waals surface area contributed by atoms with E-state index in [0.29, 0.717) is 32.2 Å². The fourth-order valence-electron chi connectivity index (χ4n) is 3.40. The van der Waals surface area contributed by atoms with Gasteiger partial charge in [0.15, 0.2) is 5.76 Å². The summed E-state index contributed by atoms with van der Waals surface area (Å²) in [6, 6.07) is 40.0. The molecule has 0 radical (unpaired) electrons. The zero-order valence-electron chi connectivity index (χ0n) is 19.7. The summed E-state index contributed by atoms with van der Waals surface area (Å²) in [5.74, 6) is 0.483. The second-order valence-electron chi connectivity index (χ2n) is 8.02. The van der Waals surface area contributed by atoms with Gasteiger partial charge in [-0.2, -0.15) is 0 Å². The molecule has 0 amide bonds. The van der Waals surface area contributed by atoms with Gasteiger partial charge in [0.2, 0.25) is 6.29 Å². The summed E-state index contributed by atoms with van der Waals surface area (Å²) >= 11 is 0. The largest absolute Gasteiger partial charge is 0.493 e. The second kappa shape index (κ2) is 13.8. The summed E-state index contributed by atoms with van der Waals surface area (Å²) in [7, 11) is 0. The van der Waals surface area contributed by atoms with Gasteiger partial charge in [0.05, 0.1) is 13.2 Å². The maximum absolute atomic E-state index is 6.21. The molecule has 0 saturated heterocycles. The smallest absolute Gasteiger partial charge is 0.220 e. The van der Waals surface area contributed by atoms with Crippen LogP contribution in [-0.4, -0.2) is 6.29 Å². The Hall–Kier alpha value is -3.86. The van der Waals surface area contributed by atoms with Crippen LogP contribution in [0.15, 0.2) is 133 Å². The van der Waals surface area contributed by atoms with Crippen LogP contribution in [0.5, 0.6) is 0 Å². The van der Waals surface area contributed by atoms with Crippen molar-refractivity contribution in [2.45, 2.75) is 32.7 Å². The highest BCUT2D eigenvalue weighted by molar-refractivity contribution is 5.16. The van der Waals surface area contributed by atoms with Gasteiger partial charge in [0.1, 0.15) is 19.5 Å². The molecule has 4 aromatic rings. The highest BCUT2D eigenvalue weighted by atomic mass is 16.7. The molecule has 35 heavy (non-hydrogen) atoms. The Morgan fingerprint density at radius 2 is 0.857 bits per heavy atom. The van der Waals surface area contributed by atoms with Crippen LogP contribution >= 0.6 is 0 Å². The van der Waals surface area contributed by atoms with Crippen LogP contribution in [0.4, 0.5) is 0 Å². The van der Waals surface area contributed by atoms with Crippen molar-refractivity contribution in [2.24, 2.45) is 0 Å². The Balaban J connectivity index is 1.50. The second-order valence-corrected chi connectivity index (χ2v) is 8.02. The average Bonchev–Trinajstić information content (AvgIpc) is 2.93. The molecule has 0 fully saturated rings. The first-order valence-electron chi connectivity index (χ1n) is 11.7. The lowest BCUT2D eigenvalue weighted by molar-refractivity contribution is -0.159. The zero-order valence-corrected chi connectivity index (χ0v) is 19.7. The minimum atomic E-state index is -0.741. The fraction of sp³-hybridized carbons (Fsp3) is 0.161. The summed E-state index contributed by atoms with van der Waals surface area (Å²) in [6.07, 6.45) is 0.867. The summed E-state index contributed by atoms with van der Waals surface area (Å²) in [6.45, 7) is 1.56. The van der Waals surface area contributed by atoms with Gasteiger partial charge < -0.3 is 18.9 Å². The molecule has 0 atom stereocenters. The molecule has 0 heterocycles. The first kappa shape index (κ1) is 24.3. The van der Waals surface area contributed by atoms with E-state index in [4.69, 9.17) is 18.9 Å². The van der Waals surface area contributed by atoms with Gasteiger partial charge in [-0.25, -0.2) is 0 Å². The molecule has 0 bridgehead atoms. The molecule has 0 saturated carbocycles. The predicted molar refractivity (Wildman–Crippen MR) is 137 cm³/mol.